The molecule has 41 heavy (non-hydrogen) atoms. The summed E-state index contributed by atoms with van der Waals surface area (Å²) >= 11 is 5.75. The minimum Gasteiger partial charge on any atom is -0.493 e. The van der Waals surface area contributed by atoms with Crippen LogP contribution in [0.15, 0.2) is 30.5 Å². The molecule has 4 fully saturated rings. The number of carbonyl (C=O) groups is 1. The third-order valence-corrected chi connectivity index (χ3v) is 9.54. The molecule has 11 heteroatoms. The van der Waals surface area contributed by atoms with Crippen molar-refractivity contribution in [1.29, 1.82) is 5.26 Å². The van der Waals surface area contributed by atoms with E-state index in [4.69, 9.17) is 22.2 Å². The van der Waals surface area contributed by atoms with Gasteiger partial charge in [0.1, 0.15) is 17.4 Å². The predicted molar refractivity (Wildman–Crippen MR) is 152 cm³/mol. The van der Waals surface area contributed by atoms with Gasteiger partial charge in [-0.3, -0.25) is 9.69 Å². The number of benzene rings is 1. The Hall–Kier alpha value is -3.23. The Morgan fingerprint density at radius 3 is 2.54 bits per heavy atom. The van der Waals surface area contributed by atoms with Gasteiger partial charge < -0.3 is 15.0 Å². The van der Waals surface area contributed by atoms with E-state index in [1.165, 1.54) is 31.8 Å². The van der Waals surface area contributed by atoms with Gasteiger partial charge in [0.15, 0.2) is 10.8 Å². The smallest absolute Gasteiger partial charge is 0.419 e. The third kappa shape index (κ3) is 4.85. The number of fused-ring (bicyclic) bond motifs is 2. The number of pyridine rings is 1. The second-order valence-electron chi connectivity index (χ2n) is 11.6. The maximum absolute atomic E-state index is 13.8. The van der Waals surface area contributed by atoms with Gasteiger partial charge in [-0.25, -0.2) is 4.98 Å². The fourth-order valence-corrected chi connectivity index (χ4v) is 7.43. The lowest BCUT2D eigenvalue weighted by atomic mass is 9.75. The van der Waals surface area contributed by atoms with E-state index in [-0.39, 0.29) is 16.7 Å². The van der Waals surface area contributed by atoms with Gasteiger partial charge in [-0.2, -0.15) is 18.4 Å². The zero-order valence-corrected chi connectivity index (χ0v) is 23.7. The number of nitrogens with one attached hydrogen (secondary N) is 1. The molecule has 6 rings (SSSR count). The van der Waals surface area contributed by atoms with Crippen molar-refractivity contribution in [3.63, 3.8) is 0 Å². The minimum atomic E-state index is -4.80. The average molecular weight is 584 g/mol. The Kier molecular flexibility index (Phi) is 7.19. The van der Waals surface area contributed by atoms with Crippen LogP contribution in [0.1, 0.15) is 75.1 Å². The average Bonchev–Trinajstić information content (AvgIpc) is 3.39. The molecule has 1 spiro atoms. The number of aromatic nitrogens is 1. The second-order valence-corrected chi connectivity index (χ2v) is 12.0. The molecule has 2 unspecified atom stereocenters. The molecule has 3 aliphatic heterocycles. The van der Waals surface area contributed by atoms with Crippen LogP contribution in [-0.4, -0.2) is 40.2 Å². The number of anilines is 2. The van der Waals surface area contributed by atoms with E-state index in [1.54, 1.807) is 4.90 Å². The zero-order chi connectivity index (χ0) is 28.9. The standard InChI is InChI=1S/C30H32F3N5O2S/c1-2-19-14-22(6-7-26(19)40-11-8-18-12-20-4-5-21(13-18)36-20)38-28(41)37(27(39)29(38)9-3-10-29)23-15-24(30(31,32)33)25(16-34)35-17-23/h6-7,14-15,17-18,20-21,36H,2-5,8-13H2,1H3. The number of amides is 1. The Morgan fingerprint density at radius 1 is 1.20 bits per heavy atom. The first kappa shape index (κ1) is 27.9. The molecule has 1 aliphatic carbocycles. The number of piperidine rings is 1. The molecule has 4 aliphatic rings. The number of hydrogen-bond donors (Lipinski definition) is 1. The number of hydrogen-bond acceptors (Lipinski definition) is 6. The highest BCUT2D eigenvalue weighted by Gasteiger charge is 2.59. The first-order valence-electron chi connectivity index (χ1n) is 14.3. The summed E-state index contributed by atoms with van der Waals surface area (Å²) in [5.74, 6) is 1.10. The highest BCUT2D eigenvalue weighted by molar-refractivity contribution is 7.81. The van der Waals surface area contributed by atoms with Crippen LogP contribution in [0.25, 0.3) is 0 Å². The topological polar surface area (TPSA) is 81.5 Å². The van der Waals surface area contributed by atoms with Crippen LogP contribution < -0.4 is 19.9 Å². The van der Waals surface area contributed by atoms with Crippen molar-refractivity contribution in [2.24, 2.45) is 5.92 Å². The van der Waals surface area contributed by atoms with Gasteiger partial charge in [0, 0.05) is 17.8 Å². The Balaban J connectivity index is 1.24. The van der Waals surface area contributed by atoms with Gasteiger partial charge in [-0.15, -0.1) is 0 Å². The van der Waals surface area contributed by atoms with Crippen LogP contribution in [0.5, 0.6) is 5.75 Å². The molecule has 1 N–H and O–H groups in total. The van der Waals surface area contributed by atoms with Crippen LogP contribution in [0, 0.1) is 17.2 Å². The number of halogens is 3. The fourth-order valence-electron chi connectivity index (χ4n) is 6.96. The van der Waals surface area contributed by atoms with Crippen LogP contribution in [0.4, 0.5) is 24.5 Å². The number of rotatable bonds is 7. The van der Waals surface area contributed by atoms with Crippen molar-refractivity contribution in [3.8, 4) is 11.8 Å². The third-order valence-electron chi connectivity index (χ3n) is 9.17. The Morgan fingerprint density at radius 2 is 1.93 bits per heavy atom. The molecule has 1 amide bonds. The lowest BCUT2D eigenvalue weighted by molar-refractivity contribution is -0.138. The van der Waals surface area contributed by atoms with E-state index in [0.717, 1.165) is 41.3 Å². The first-order valence-corrected chi connectivity index (χ1v) is 14.7. The molecule has 4 heterocycles. The molecule has 2 atom stereocenters. The van der Waals surface area contributed by atoms with Crippen molar-refractivity contribution in [3.05, 3.63) is 47.3 Å². The summed E-state index contributed by atoms with van der Waals surface area (Å²) in [7, 11) is 0. The van der Waals surface area contributed by atoms with E-state index in [1.807, 2.05) is 25.1 Å². The Labute approximate surface area is 242 Å². The van der Waals surface area contributed by atoms with Gasteiger partial charge in [0.2, 0.25) is 0 Å². The van der Waals surface area contributed by atoms with Crippen molar-refractivity contribution in [2.45, 2.75) is 88.5 Å². The quantitative estimate of drug-likeness (QED) is 0.407. The van der Waals surface area contributed by atoms with E-state index in [9.17, 15) is 18.0 Å². The normalized spacial score (nSPS) is 25.0. The fraction of sp³-hybridized carbons (Fsp3) is 0.533. The highest BCUT2D eigenvalue weighted by atomic mass is 32.1. The molecule has 7 nitrogen and oxygen atoms in total. The number of nitrogens with zero attached hydrogens (tertiary/aromatic N) is 4. The predicted octanol–water partition coefficient (Wildman–Crippen LogP) is 5.89. The van der Waals surface area contributed by atoms with Gasteiger partial charge in [0.05, 0.1) is 24.1 Å². The lowest BCUT2D eigenvalue weighted by Gasteiger charge is -2.43. The molecular weight excluding hydrogens is 551 g/mol. The zero-order valence-electron chi connectivity index (χ0n) is 22.8. The minimum absolute atomic E-state index is 0.0953. The largest absolute Gasteiger partial charge is 0.493 e. The van der Waals surface area contributed by atoms with Crippen molar-refractivity contribution in [1.82, 2.24) is 10.3 Å². The van der Waals surface area contributed by atoms with Crippen LogP contribution >= 0.6 is 12.2 Å². The van der Waals surface area contributed by atoms with E-state index in [0.29, 0.717) is 49.6 Å². The van der Waals surface area contributed by atoms with Gasteiger partial charge >= 0.3 is 6.18 Å². The summed E-state index contributed by atoms with van der Waals surface area (Å²) in [6.45, 7) is 2.68. The number of nitriles is 1. The summed E-state index contributed by atoms with van der Waals surface area (Å²) in [4.78, 5) is 20.4. The van der Waals surface area contributed by atoms with Gasteiger partial charge in [-0.1, -0.05) is 6.92 Å². The van der Waals surface area contributed by atoms with Gasteiger partial charge in [-0.05, 0) is 106 Å². The number of thiocarbonyl (C=S) groups is 1. The SMILES string of the molecule is CCc1cc(N2C(=S)N(c3cnc(C#N)c(C(F)(F)F)c3)C(=O)C23CCC3)ccc1OCCC1CC2CCC(C1)N2. The van der Waals surface area contributed by atoms with Gasteiger partial charge in [0.25, 0.3) is 5.91 Å². The second kappa shape index (κ2) is 10.6. The molecule has 2 bridgehead atoms. The first-order chi connectivity index (χ1) is 19.6. The summed E-state index contributed by atoms with van der Waals surface area (Å²) in [6, 6.07) is 9.32. The summed E-state index contributed by atoms with van der Waals surface area (Å²) in [5, 5.41) is 12.9. The maximum atomic E-state index is 13.8. The van der Waals surface area contributed by atoms with E-state index in [2.05, 4.69) is 10.3 Å². The molecule has 1 aromatic heterocycles. The lowest BCUT2D eigenvalue weighted by Crippen LogP contribution is -2.55. The molecule has 0 radical (unpaired) electrons. The maximum Gasteiger partial charge on any atom is 0.419 e. The van der Waals surface area contributed by atoms with Crippen LogP contribution in [-0.2, 0) is 17.4 Å². The number of ether oxygens (including phenoxy) is 1. The van der Waals surface area contributed by atoms with Crippen molar-refractivity contribution in [2.75, 3.05) is 16.4 Å². The molecular formula is C30H32F3N5O2S. The van der Waals surface area contributed by atoms with E-state index >= 15 is 0 Å². The number of alkyl halides is 3. The van der Waals surface area contributed by atoms with Crippen LogP contribution in [0.3, 0.4) is 0 Å². The molecule has 216 valence electrons. The summed E-state index contributed by atoms with van der Waals surface area (Å²) in [5.41, 5.74) is -1.30. The summed E-state index contributed by atoms with van der Waals surface area (Å²) in [6.07, 6.45) is 4.87. The Bertz CT molecular complexity index is 1410. The van der Waals surface area contributed by atoms with Crippen LogP contribution in [0.2, 0.25) is 0 Å². The molecule has 2 aromatic rings. The summed E-state index contributed by atoms with van der Waals surface area (Å²) < 4.78 is 47.2. The molecule has 3 saturated heterocycles. The van der Waals surface area contributed by atoms with Crippen molar-refractivity contribution >= 4 is 34.6 Å². The number of aryl methyl sites for hydroxylation is 1. The highest BCUT2D eigenvalue weighted by Crippen LogP contribution is 2.49. The molecule has 1 saturated carbocycles. The van der Waals surface area contributed by atoms with E-state index < -0.39 is 23.0 Å². The molecule has 1 aromatic carbocycles. The number of carbonyl (C=O) groups excluding carboxylic acids is 1. The monoisotopic (exact) mass is 583 g/mol. The van der Waals surface area contributed by atoms with Crippen molar-refractivity contribution < 1.29 is 22.7 Å².